The van der Waals surface area contributed by atoms with Crippen LogP contribution in [0.3, 0.4) is 0 Å². The first-order valence-electron chi connectivity index (χ1n) is 30.6. The zero-order valence-electron chi connectivity index (χ0n) is 53.3. The van der Waals surface area contributed by atoms with Gasteiger partial charge in [0.2, 0.25) is 41.4 Å². The minimum Gasteiger partial charge on any atom is -0.394 e. The third-order valence-corrected chi connectivity index (χ3v) is 21.7. The van der Waals surface area contributed by atoms with Crippen molar-refractivity contribution in [1.82, 2.24) is 20.2 Å². The molecule has 2 fully saturated rings. The number of nitrogens with two attached hydrogens (primary N) is 6. The van der Waals surface area contributed by atoms with Gasteiger partial charge in [0.15, 0.2) is 6.23 Å². The Balaban J connectivity index is 1.19. The lowest BCUT2D eigenvalue weighted by molar-refractivity contribution is -0.124. The van der Waals surface area contributed by atoms with E-state index >= 15 is 0 Å². The number of rotatable bonds is 26. The lowest BCUT2D eigenvalue weighted by atomic mass is 9.55. The summed E-state index contributed by atoms with van der Waals surface area (Å²) >= 11 is 0. The Kier molecular flexibility index (Phi) is 19.6. The summed E-state index contributed by atoms with van der Waals surface area (Å²) in [5.41, 5.74) is 37.4. The maximum absolute atomic E-state index is 14.4. The number of primary amides is 6. The molecule has 7 heterocycles. The molecule has 2 aromatic rings. The average molecular weight is 1270 g/mol. The number of ether oxygens (including phenoxy) is 1. The number of nitrogens with one attached hydrogen (secondary N) is 2. The molecule has 27 nitrogen and oxygen atoms in total. The summed E-state index contributed by atoms with van der Waals surface area (Å²) in [7, 11) is -5.07. The van der Waals surface area contributed by atoms with Crippen molar-refractivity contribution < 1.29 is 67.0 Å². The molecule has 6 aliphatic rings. The number of nitrogens with zero attached hydrogens (tertiary/aromatic N) is 5. The number of carbonyl (C=O) groups excluding carboxylic acids is 7. The number of imidazole rings is 1. The van der Waals surface area contributed by atoms with E-state index in [9.17, 15) is 53.2 Å². The number of hydrogen-bond acceptors (Lipinski definition) is 18. The number of phosphoric acid groups is 1. The van der Waals surface area contributed by atoms with Crippen LogP contribution in [0.2, 0.25) is 0 Å². The Bertz CT molecular complexity index is 3540. The van der Waals surface area contributed by atoms with Gasteiger partial charge >= 0.3 is 7.82 Å². The Labute approximate surface area is 523 Å². The lowest BCUT2D eigenvalue weighted by Crippen LogP contribution is -2.56. The summed E-state index contributed by atoms with van der Waals surface area (Å²) in [5, 5.41) is 28.2. The number of aryl methyl sites for hydroxylation is 2. The molecule has 492 valence electrons. The van der Waals surface area contributed by atoms with Gasteiger partial charge in [-0.15, -0.1) is 0 Å². The molecule has 5 unspecified atom stereocenters. The van der Waals surface area contributed by atoms with Crippen LogP contribution in [-0.4, -0.2) is 132 Å². The second-order valence-corrected chi connectivity index (χ2v) is 28.4. The van der Waals surface area contributed by atoms with E-state index < -0.39 is 143 Å². The van der Waals surface area contributed by atoms with Gasteiger partial charge in [0, 0.05) is 131 Å². The topological polar surface area (TPSA) is 460 Å². The van der Waals surface area contributed by atoms with E-state index in [1.165, 1.54) is 13.3 Å². The molecule has 2 saturated heterocycles. The fourth-order valence-corrected chi connectivity index (χ4v) is 16.6. The summed E-state index contributed by atoms with van der Waals surface area (Å²) in [6, 6.07) is 2.70. The summed E-state index contributed by atoms with van der Waals surface area (Å²) in [4.78, 5) is 126. The second kappa shape index (κ2) is 25.6. The molecule has 0 radical (unpaired) electrons. The van der Waals surface area contributed by atoms with E-state index in [2.05, 4.69) is 15.6 Å². The Morgan fingerprint density at radius 1 is 0.800 bits per heavy atom. The largest absolute Gasteiger partial charge is 0.472 e. The summed E-state index contributed by atoms with van der Waals surface area (Å²) in [5.74, 6) is -7.18. The van der Waals surface area contributed by atoms with Crippen LogP contribution < -0.4 is 45.0 Å². The molecule has 15 atom stereocenters. The summed E-state index contributed by atoms with van der Waals surface area (Å²) in [6.45, 7) is 19.3. The predicted octanol–water partition coefficient (Wildman–Crippen LogP) is 3.16. The molecule has 8 rings (SSSR count). The normalized spacial score (nSPS) is 32.8. The van der Waals surface area contributed by atoms with Crippen molar-refractivity contribution in [3.05, 3.63) is 63.9 Å². The highest BCUT2D eigenvalue weighted by atomic mass is 31.2. The highest BCUT2D eigenvalue weighted by Gasteiger charge is 2.66. The minimum absolute atomic E-state index is 0.0114. The van der Waals surface area contributed by atoms with Crippen LogP contribution in [0.15, 0.2) is 67.8 Å². The van der Waals surface area contributed by atoms with Crippen LogP contribution in [0.1, 0.15) is 150 Å². The quantitative estimate of drug-likeness (QED) is 0.0603. The van der Waals surface area contributed by atoms with Crippen LogP contribution in [0.25, 0.3) is 11.0 Å². The molecule has 1 aromatic heterocycles. The maximum atomic E-state index is 14.4. The zero-order chi connectivity index (χ0) is 66.7. The molecular weight excluding hydrogens is 1180 g/mol. The van der Waals surface area contributed by atoms with Crippen LogP contribution >= 0.6 is 7.82 Å². The Morgan fingerprint density at radius 3 is 1.99 bits per heavy atom. The number of phosphoric ester groups is 1. The van der Waals surface area contributed by atoms with E-state index in [4.69, 9.17) is 63.2 Å². The molecule has 0 saturated carbocycles. The third-order valence-electron chi connectivity index (χ3n) is 20.6. The van der Waals surface area contributed by atoms with Crippen molar-refractivity contribution in [3.8, 4) is 0 Å². The van der Waals surface area contributed by atoms with Gasteiger partial charge in [-0.25, -0.2) is 9.55 Å². The van der Waals surface area contributed by atoms with Crippen molar-refractivity contribution in [3.63, 3.8) is 0 Å². The van der Waals surface area contributed by atoms with Gasteiger partial charge in [0.1, 0.15) is 18.3 Å². The predicted molar refractivity (Wildman–Crippen MR) is 334 cm³/mol. The smallest absolute Gasteiger partial charge is 0.394 e. The Hall–Kier alpha value is -7.00. The van der Waals surface area contributed by atoms with Crippen LogP contribution in [0, 0.1) is 59.2 Å². The van der Waals surface area contributed by atoms with Crippen molar-refractivity contribution in [1.29, 1.82) is 0 Å². The number of aliphatic hydroxyl groups excluding tert-OH is 2. The highest BCUT2D eigenvalue weighted by Crippen LogP contribution is 2.63. The molecule has 0 spiro atoms. The lowest BCUT2D eigenvalue weighted by Gasteiger charge is -2.48. The number of hydrogen-bond donors (Lipinski definition) is 11. The van der Waals surface area contributed by atoms with Crippen LogP contribution in [0.5, 0.6) is 0 Å². The molecule has 7 amide bonds. The molecule has 0 aliphatic carbocycles. The first-order chi connectivity index (χ1) is 41.8. The standard InChI is InChI=1S/C62H90N13O14P/c1-29-20-39-40(21-30(29)2)75(28-70-39)57-52(84)53(41(27-76)87-57)89-90(85,86)88-31(3)26-69-49(83)18-19-59(8)37(22-46(66)80)56-62(11)61(10,25-48(68)82)36(14-17-45(65)79)51(74-62)33(5)55-60(9,24-47(67)81)34(12-15-43(63)77)38(71-55)23-42-58(6,7)35(13-16-44(64)78)50(72-42)32(4)54(59)73-56/h20-21,23,28,31,34-37,41,52-53,56-57,71,76,84H,12-19,22,24-27H2,1-11H3,(H2,63,77)(H2,64,78)(H2,65,79)(H2,66,80)(H2,67,81)(H2,68,82)(H,69,83)(H,85,86)/b38-23?,50-32?,55-33-/t31?,34-,35?,36-,37?,41-,52-,53-,56?,57+,59-,60+,61+,62+/m1/s1. The van der Waals surface area contributed by atoms with E-state index in [-0.39, 0.29) is 77.2 Å². The summed E-state index contributed by atoms with van der Waals surface area (Å²) in [6.07, 6.45) is -4.26. The van der Waals surface area contributed by atoms with E-state index in [0.29, 0.717) is 56.4 Å². The van der Waals surface area contributed by atoms with Gasteiger partial charge < -0.3 is 69.4 Å². The van der Waals surface area contributed by atoms with E-state index in [1.54, 1.807) is 4.57 Å². The average Bonchev–Trinajstić information content (AvgIpc) is 1.53. The van der Waals surface area contributed by atoms with Gasteiger partial charge in [-0.2, -0.15) is 0 Å². The first-order valence-corrected chi connectivity index (χ1v) is 32.1. The first kappa shape index (κ1) is 68.9. The molecule has 17 N–H and O–H groups in total. The van der Waals surface area contributed by atoms with Crippen molar-refractivity contribution >= 4 is 77.3 Å². The monoisotopic (exact) mass is 1270 g/mol. The number of aliphatic hydroxyl groups is 2. The third kappa shape index (κ3) is 13.0. The molecule has 90 heavy (non-hydrogen) atoms. The van der Waals surface area contributed by atoms with Gasteiger partial charge in [-0.1, -0.05) is 34.6 Å². The molecule has 28 heteroatoms. The van der Waals surface area contributed by atoms with Gasteiger partial charge in [-0.05, 0) is 108 Å². The Morgan fingerprint density at radius 2 is 1.40 bits per heavy atom. The van der Waals surface area contributed by atoms with Gasteiger partial charge in [0.05, 0.1) is 41.7 Å². The molecular formula is C62H90N13O14P. The SMILES string of the molecule is CC1=C2N=C(C=C3N/C(=C(/C)C4=N[C@@](C)(C5N=C1[C@](C)(CCC(=O)NCC(C)OP(=O)(O)O[C@H]1[C@@H](O)[C@@H](n6cnc7cc(C)c(C)cc76)O[C@@H]1CO)C5CC(N)=O)[C@@](C)(CC(N)=O)[C@@H]4CCC(N)=O)[C@@](C)(CC(N)=O)[C@@H]3CCC(N)=O)C(C)(C)C2CCC(N)=O. The van der Waals surface area contributed by atoms with E-state index in [1.807, 2.05) is 87.4 Å². The molecule has 1 aromatic carbocycles. The highest BCUT2D eigenvalue weighted by molar-refractivity contribution is 7.47. The van der Waals surface area contributed by atoms with Gasteiger partial charge in [-0.3, -0.25) is 57.6 Å². The summed E-state index contributed by atoms with van der Waals surface area (Å²) < 4.78 is 32.3. The molecule has 6 aliphatic heterocycles. The molecule has 8 bridgehead atoms. The fraction of sp³-hybridized carbons (Fsp3) is 0.629. The number of aromatic nitrogens is 2. The minimum atomic E-state index is -5.07. The van der Waals surface area contributed by atoms with Gasteiger partial charge in [0.25, 0.3) is 0 Å². The number of aliphatic imine (C=N–C) groups is 3. The zero-order valence-corrected chi connectivity index (χ0v) is 54.1. The second-order valence-electron chi connectivity index (χ2n) is 27.1. The number of allylic oxidation sites excluding steroid dienone is 6. The number of benzene rings is 1. The number of amides is 7. The number of carbonyl (C=O) groups is 7. The van der Waals surface area contributed by atoms with Crippen molar-refractivity contribution in [2.75, 3.05) is 13.2 Å². The fourth-order valence-electron chi connectivity index (χ4n) is 15.4. The maximum Gasteiger partial charge on any atom is 0.472 e. The van der Waals surface area contributed by atoms with Crippen molar-refractivity contribution in [2.45, 2.75) is 189 Å². The van der Waals surface area contributed by atoms with Crippen molar-refractivity contribution in [2.24, 2.45) is 94.7 Å². The van der Waals surface area contributed by atoms with Crippen LogP contribution in [0.4, 0.5) is 0 Å². The van der Waals surface area contributed by atoms with E-state index in [0.717, 1.165) is 11.1 Å². The number of fused-ring (bicyclic) bond motifs is 7. The van der Waals surface area contributed by atoms with Crippen LogP contribution in [-0.2, 0) is 51.9 Å².